The van der Waals surface area contributed by atoms with E-state index >= 15 is 0 Å². The number of rotatable bonds is 5. The number of hydrazine groups is 1. The summed E-state index contributed by atoms with van der Waals surface area (Å²) in [4.78, 5) is 1.45. The number of tetrazole rings is 1. The Morgan fingerprint density at radius 2 is 1.95 bits per heavy atom. The highest BCUT2D eigenvalue weighted by Crippen LogP contribution is 2.15. The van der Waals surface area contributed by atoms with Crippen molar-refractivity contribution >= 4 is 0 Å². The summed E-state index contributed by atoms with van der Waals surface area (Å²) in [6, 6.07) is 0.0609. The molecule has 0 aliphatic carbocycles. The van der Waals surface area contributed by atoms with Crippen LogP contribution >= 0.6 is 0 Å². The molecule has 0 fully saturated rings. The Labute approximate surface area is 111 Å². The van der Waals surface area contributed by atoms with Crippen LogP contribution in [-0.4, -0.2) is 36.0 Å². The molecule has 0 radical (unpaired) electrons. The Kier molecular flexibility index (Phi) is 3.91. The molecule has 0 aliphatic rings. The fourth-order valence-corrected chi connectivity index (χ4v) is 2.17. The highest BCUT2D eigenvalue weighted by atomic mass is 15.6. The van der Waals surface area contributed by atoms with Gasteiger partial charge < -0.3 is 0 Å². The van der Waals surface area contributed by atoms with E-state index < -0.39 is 0 Å². The van der Waals surface area contributed by atoms with Gasteiger partial charge in [0.25, 0.3) is 0 Å². The van der Waals surface area contributed by atoms with Crippen molar-refractivity contribution in [2.75, 3.05) is 0 Å². The van der Waals surface area contributed by atoms with Crippen molar-refractivity contribution in [1.82, 2.24) is 35.4 Å². The summed E-state index contributed by atoms with van der Waals surface area (Å²) in [5.41, 5.74) is 6.23. The molecule has 2 heterocycles. The van der Waals surface area contributed by atoms with Crippen LogP contribution in [0.5, 0.6) is 0 Å². The minimum Gasteiger partial charge on any atom is -0.272 e. The van der Waals surface area contributed by atoms with Crippen LogP contribution in [0.4, 0.5) is 0 Å². The van der Waals surface area contributed by atoms with Crippen molar-refractivity contribution < 1.29 is 0 Å². The molecule has 0 saturated heterocycles. The largest absolute Gasteiger partial charge is 0.272 e. The number of nitrogens with zero attached hydrogens (tertiary/aromatic N) is 6. The SMILES string of the molecule is Cc1nn(C)c(C)c1CC(Cc1nnn(C)n1)NN. The quantitative estimate of drug-likeness (QED) is 0.540. The average molecular weight is 264 g/mol. The summed E-state index contributed by atoms with van der Waals surface area (Å²) in [6.07, 6.45) is 1.43. The van der Waals surface area contributed by atoms with Gasteiger partial charge >= 0.3 is 0 Å². The Balaban J connectivity index is 2.10. The van der Waals surface area contributed by atoms with E-state index in [2.05, 4.69) is 32.9 Å². The maximum absolute atomic E-state index is 5.62. The summed E-state index contributed by atoms with van der Waals surface area (Å²) in [6.45, 7) is 4.07. The Morgan fingerprint density at radius 1 is 1.21 bits per heavy atom. The highest BCUT2D eigenvalue weighted by molar-refractivity contribution is 5.25. The van der Waals surface area contributed by atoms with Crippen LogP contribution in [0.25, 0.3) is 0 Å². The van der Waals surface area contributed by atoms with Gasteiger partial charge in [0.1, 0.15) is 0 Å². The Morgan fingerprint density at radius 3 is 2.42 bits per heavy atom. The van der Waals surface area contributed by atoms with Gasteiger partial charge in [0, 0.05) is 25.2 Å². The number of aromatic nitrogens is 6. The van der Waals surface area contributed by atoms with Crippen LogP contribution in [0.1, 0.15) is 22.8 Å². The van der Waals surface area contributed by atoms with Crippen molar-refractivity contribution in [3.63, 3.8) is 0 Å². The molecule has 2 aromatic rings. The standard InChI is InChI=1S/C11H20N8/c1-7-10(8(2)18(3)15-7)5-9(13-12)6-11-14-17-19(4)16-11/h9,13H,5-6,12H2,1-4H3. The fourth-order valence-electron chi connectivity index (χ4n) is 2.17. The van der Waals surface area contributed by atoms with Gasteiger partial charge in [0.2, 0.25) is 0 Å². The summed E-state index contributed by atoms with van der Waals surface area (Å²) >= 11 is 0. The fraction of sp³-hybridized carbons (Fsp3) is 0.636. The maximum atomic E-state index is 5.62. The first-order valence-corrected chi connectivity index (χ1v) is 6.19. The van der Waals surface area contributed by atoms with E-state index in [9.17, 15) is 0 Å². The molecular formula is C11H20N8. The molecule has 0 spiro atoms. The topological polar surface area (TPSA) is 99.5 Å². The predicted octanol–water partition coefficient (Wildman–Crippen LogP) is -0.822. The van der Waals surface area contributed by atoms with E-state index in [0.717, 1.165) is 17.8 Å². The summed E-state index contributed by atoms with van der Waals surface area (Å²) < 4.78 is 1.89. The third-order valence-electron chi connectivity index (χ3n) is 3.32. The van der Waals surface area contributed by atoms with Crippen molar-refractivity contribution in [1.29, 1.82) is 0 Å². The molecule has 3 N–H and O–H groups in total. The molecule has 104 valence electrons. The minimum atomic E-state index is 0.0609. The highest BCUT2D eigenvalue weighted by Gasteiger charge is 2.17. The zero-order valence-electron chi connectivity index (χ0n) is 11.8. The van der Waals surface area contributed by atoms with Crippen LogP contribution in [0.2, 0.25) is 0 Å². The van der Waals surface area contributed by atoms with E-state index in [1.54, 1.807) is 7.05 Å². The molecule has 0 saturated carbocycles. The molecule has 8 nitrogen and oxygen atoms in total. The van der Waals surface area contributed by atoms with Crippen molar-refractivity contribution in [2.24, 2.45) is 19.9 Å². The van der Waals surface area contributed by atoms with E-state index in [1.165, 1.54) is 10.4 Å². The Bertz CT molecular complexity index is 555. The second kappa shape index (κ2) is 5.45. The molecule has 0 aliphatic heterocycles. The molecule has 2 aromatic heterocycles. The number of nitrogens with one attached hydrogen (secondary N) is 1. The molecule has 0 bridgehead atoms. The first-order valence-electron chi connectivity index (χ1n) is 6.19. The second-order valence-electron chi connectivity index (χ2n) is 4.74. The normalized spacial score (nSPS) is 12.9. The zero-order valence-corrected chi connectivity index (χ0v) is 11.8. The summed E-state index contributed by atoms with van der Waals surface area (Å²) in [5, 5.41) is 16.4. The van der Waals surface area contributed by atoms with E-state index in [0.29, 0.717) is 12.2 Å². The molecule has 2 rings (SSSR count). The first-order chi connectivity index (χ1) is 9.01. The molecule has 19 heavy (non-hydrogen) atoms. The van der Waals surface area contributed by atoms with Gasteiger partial charge in [-0.3, -0.25) is 16.0 Å². The van der Waals surface area contributed by atoms with Crippen molar-refractivity contribution in [3.8, 4) is 0 Å². The third kappa shape index (κ3) is 2.96. The molecule has 8 heteroatoms. The lowest BCUT2D eigenvalue weighted by Gasteiger charge is -2.14. The van der Waals surface area contributed by atoms with Crippen molar-refractivity contribution in [3.05, 3.63) is 22.8 Å². The lowest BCUT2D eigenvalue weighted by atomic mass is 10.0. The zero-order chi connectivity index (χ0) is 14.0. The van der Waals surface area contributed by atoms with Gasteiger partial charge in [0.05, 0.1) is 12.7 Å². The molecule has 1 atom stereocenters. The summed E-state index contributed by atoms with van der Waals surface area (Å²) in [5.74, 6) is 6.31. The van der Waals surface area contributed by atoms with E-state index in [4.69, 9.17) is 5.84 Å². The second-order valence-corrected chi connectivity index (χ2v) is 4.74. The predicted molar refractivity (Wildman–Crippen MR) is 70.0 cm³/mol. The maximum Gasteiger partial charge on any atom is 0.176 e. The average Bonchev–Trinajstić information content (AvgIpc) is 2.87. The number of nitrogens with two attached hydrogens (primary N) is 1. The van der Waals surface area contributed by atoms with Gasteiger partial charge in [-0.05, 0) is 31.0 Å². The number of aryl methyl sites for hydroxylation is 3. The van der Waals surface area contributed by atoms with Crippen LogP contribution in [-0.2, 0) is 26.9 Å². The monoisotopic (exact) mass is 264 g/mol. The van der Waals surface area contributed by atoms with Crippen LogP contribution in [0.3, 0.4) is 0 Å². The Hall–Kier alpha value is -1.80. The van der Waals surface area contributed by atoms with Gasteiger partial charge in [-0.1, -0.05) is 0 Å². The van der Waals surface area contributed by atoms with Gasteiger partial charge in [-0.15, -0.1) is 10.2 Å². The molecule has 1 unspecified atom stereocenters. The number of hydrogen-bond acceptors (Lipinski definition) is 6. The molecule has 0 amide bonds. The van der Waals surface area contributed by atoms with Gasteiger partial charge in [-0.2, -0.15) is 9.90 Å². The lowest BCUT2D eigenvalue weighted by Crippen LogP contribution is -2.39. The van der Waals surface area contributed by atoms with Gasteiger partial charge in [0.15, 0.2) is 5.82 Å². The van der Waals surface area contributed by atoms with Crippen LogP contribution in [0.15, 0.2) is 0 Å². The molecular weight excluding hydrogens is 244 g/mol. The minimum absolute atomic E-state index is 0.0609. The summed E-state index contributed by atoms with van der Waals surface area (Å²) in [7, 11) is 3.69. The van der Waals surface area contributed by atoms with E-state index in [1.807, 2.05) is 18.7 Å². The van der Waals surface area contributed by atoms with Crippen LogP contribution < -0.4 is 11.3 Å². The number of hydrogen-bond donors (Lipinski definition) is 2. The first kappa shape index (κ1) is 13.6. The van der Waals surface area contributed by atoms with Crippen molar-refractivity contribution in [2.45, 2.75) is 32.7 Å². The molecule has 0 aromatic carbocycles. The third-order valence-corrected chi connectivity index (χ3v) is 3.32. The van der Waals surface area contributed by atoms with E-state index in [-0.39, 0.29) is 6.04 Å². The van der Waals surface area contributed by atoms with Crippen LogP contribution in [0, 0.1) is 13.8 Å². The van der Waals surface area contributed by atoms with Gasteiger partial charge in [-0.25, -0.2) is 0 Å². The smallest absolute Gasteiger partial charge is 0.176 e. The lowest BCUT2D eigenvalue weighted by molar-refractivity contribution is 0.508.